The van der Waals surface area contributed by atoms with Gasteiger partial charge in [0.05, 0.1) is 18.6 Å². The van der Waals surface area contributed by atoms with Gasteiger partial charge in [-0.1, -0.05) is 25.7 Å². The number of aliphatic hydroxyl groups is 1. The third kappa shape index (κ3) is 7.33. The smallest absolute Gasteiger partial charge is 0.159 e. The van der Waals surface area contributed by atoms with Crippen LogP contribution in [0.25, 0.3) is 0 Å². The van der Waals surface area contributed by atoms with Gasteiger partial charge < -0.3 is 24.1 Å². The zero-order valence-electron chi connectivity index (χ0n) is 22.0. The lowest BCUT2D eigenvalue weighted by Crippen LogP contribution is -2.32. The highest BCUT2D eigenvalue weighted by Gasteiger charge is 2.48. The van der Waals surface area contributed by atoms with Gasteiger partial charge in [0.25, 0.3) is 0 Å². The van der Waals surface area contributed by atoms with E-state index in [4.69, 9.17) is 18.9 Å². The minimum absolute atomic E-state index is 0.0168. The Morgan fingerprint density at radius 1 is 1.08 bits per heavy atom. The Hall–Kier alpha value is -1.41. The van der Waals surface area contributed by atoms with Crippen LogP contribution in [0.4, 0.5) is 4.39 Å². The summed E-state index contributed by atoms with van der Waals surface area (Å²) in [7, 11) is 0. The van der Waals surface area contributed by atoms with Gasteiger partial charge >= 0.3 is 0 Å². The molecule has 2 aliphatic carbocycles. The second-order valence-electron chi connectivity index (χ2n) is 10.8. The summed E-state index contributed by atoms with van der Waals surface area (Å²) in [6.45, 7) is 5.14. The van der Waals surface area contributed by atoms with Gasteiger partial charge in [0.2, 0.25) is 0 Å². The molecule has 0 bridgehead atoms. The van der Waals surface area contributed by atoms with Crippen molar-refractivity contribution in [1.29, 1.82) is 0 Å². The van der Waals surface area contributed by atoms with Crippen molar-refractivity contribution in [2.45, 2.75) is 109 Å². The van der Waals surface area contributed by atoms with Crippen LogP contribution in [0.2, 0.25) is 0 Å². The Labute approximate surface area is 216 Å². The quantitative estimate of drug-likeness (QED) is 0.465. The van der Waals surface area contributed by atoms with Crippen LogP contribution < -0.4 is 0 Å². The average Bonchev–Trinajstić information content (AvgIpc) is 3.45. The summed E-state index contributed by atoms with van der Waals surface area (Å²) in [5, 5.41) is 9.33. The first kappa shape index (κ1) is 27.6. The maximum Gasteiger partial charge on any atom is 0.159 e. The van der Waals surface area contributed by atoms with Crippen LogP contribution in [0.3, 0.4) is 0 Å². The molecule has 5 nitrogen and oxygen atoms in total. The fourth-order valence-corrected chi connectivity index (χ4v) is 6.02. The second-order valence-corrected chi connectivity index (χ2v) is 10.8. The van der Waals surface area contributed by atoms with Crippen molar-refractivity contribution in [1.82, 2.24) is 0 Å². The van der Waals surface area contributed by atoms with E-state index >= 15 is 0 Å². The minimum Gasteiger partial charge on any atom is -0.389 e. The monoisotopic (exact) mass is 502 g/mol. The number of hydrogen-bond donors (Lipinski definition) is 1. The van der Waals surface area contributed by atoms with Crippen LogP contribution >= 0.6 is 0 Å². The topological polar surface area (TPSA) is 57.2 Å². The maximum atomic E-state index is 14.3. The lowest BCUT2D eigenvalue weighted by Gasteiger charge is -2.29. The molecule has 36 heavy (non-hydrogen) atoms. The first-order valence-electron chi connectivity index (χ1n) is 14.1. The van der Waals surface area contributed by atoms with Crippen molar-refractivity contribution >= 4 is 0 Å². The molecule has 2 aliphatic heterocycles. The zero-order chi connectivity index (χ0) is 25.3. The maximum absolute atomic E-state index is 14.3. The normalized spacial score (nSPS) is 35.1. The van der Waals surface area contributed by atoms with Crippen LogP contribution in [0.15, 0.2) is 11.4 Å². The number of ether oxygens (including phenoxy) is 4. The van der Waals surface area contributed by atoms with Crippen molar-refractivity contribution in [3.63, 3.8) is 0 Å². The lowest BCUT2D eigenvalue weighted by molar-refractivity contribution is -0.192. The van der Waals surface area contributed by atoms with Crippen molar-refractivity contribution in [2.24, 2.45) is 23.7 Å². The molecule has 4 fully saturated rings. The third-order valence-electron chi connectivity index (χ3n) is 8.05. The van der Waals surface area contributed by atoms with Crippen molar-refractivity contribution < 1.29 is 28.4 Å². The van der Waals surface area contributed by atoms with Crippen molar-refractivity contribution in [3.05, 3.63) is 11.4 Å². The molecular weight excluding hydrogens is 459 g/mol. The molecule has 0 aromatic rings. The first-order chi connectivity index (χ1) is 17.6. The molecule has 2 saturated heterocycles. The highest BCUT2D eigenvalue weighted by Crippen LogP contribution is 2.52. The molecule has 2 heterocycles. The van der Waals surface area contributed by atoms with E-state index in [1.54, 1.807) is 0 Å². The van der Waals surface area contributed by atoms with Gasteiger partial charge in [-0.25, -0.2) is 4.39 Å². The predicted molar refractivity (Wildman–Crippen MR) is 136 cm³/mol. The average molecular weight is 503 g/mol. The van der Waals surface area contributed by atoms with E-state index in [0.29, 0.717) is 18.8 Å². The Bertz CT molecular complexity index is 852. The van der Waals surface area contributed by atoms with Crippen LogP contribution in [-0.2, 0) is 18.9 Å². The predicted octanol–water partition coefficient (Wildman–Crippen LogP) is 5.52. The lowest BCUT2D eigenvalue weighted by atomic mass is 9.90. The number of rotatable bonds is 7. The van der Waals surface area contributed by atoms with E-state index in [1.807, 2.05) is 0 Å². The Kier molecular flexibility index (Phi) is 10.7. The first-order valence-corrected chi connectivity index (χ1v) is 14.1. The second kappa shape index (κ2) is 13.9. The fourth-order valence-electron chi connectivity index (χ4n) is 6.02. The van der Waals surface area contributed by atoms with E-state index in [0.717, 1.165) is 76.6 Å². The summed E-state index contributed by atoms with van der Waals surface area (Å²) in [5.41, 5.74) is 0.748. The largest absolute Gasteiger partial charge is 0.389 e. The van der Waals surface area contributed by atoms with Gasteiger partial charge in [-0.15, -0.1) is 11.8 Å². The summed E-state index contributed by atoms with van der Waals surface area (Å²) < 4.78 is 38.9. The molecule has 0 amide bonds. The van der Waals surface area contributed by atoms with Crippen molar-refractivity contribution in [3.8, 4) is 23.7 Å². The van der Waals surface area contributed by atoms with E-state index < -0.39 is 6.61 Å². The van der Waals surface area contributed by atoms with Crippen molar-refractivity contribution in [2.75, 3.05) is 19.8 Å². The van der Waals surface area contributed by atoms with Gasteiger partial charge in [0.15, 0.2) is 12.6 Å². The van der Waals surface area contributed by atoms with Crippen LogP contribution in [-0.4, -0.2) is 49.7 Å². The molecule has 4 rings (SSSR count). The highest BCUT2D eigenvalue weighted by molar-refractivity contribution is 5.24. The van der Waals surface area contributed by atoms with E-state index in [2.05, 4.69) is 37.5 Å². The molecule has 2 saturated carbocycles. The van der Waals surface area contributed by atoms with Gasteiger partial charge in [-0.05, 0) is 75.2 Å². The molecule has 0 radical (unpaired) electrons. The van der Waals surface area contributed by atoms with Gasteiger partial charge in [0, 0.05) is 32.0 Å². The molecule has 200 valence electrons. The van der Waals surface area contributed by atoms with E-state index in [1.165, 1.54) is 0 Å². The molecule has 1 N–H and O–H groups in total. The van der Waals surface area contributed by atoms with Gasteiger partial charge in [-0.2, -0.15) is 0 Å². The number of halogens is 1. The Balaban J connectivity index is 1.53. The summed E-state index contributed by atoms with van der Waals surface area (Å²) >= 11 is 0. The molecule has 0 aromatic heterocycles. The van der Waals surface area contributed by atoms with E-state index in [-0.39, 0.29) is 48.4 Å². The van der Waals surface area contributed by atoms with E-state index in [9.17, 15) is 9.50 Å². The Morgan fingerprint density at radius 2 is 1.83 bits per heavy atom. The SMILES string of the molecule is CCC#CC[C@H](C)[C@@H](C#C[C@@H]1[C@H]2CC(=C(F)CO)C[C@H]2C[C@H]1OC1CCCCO1)OC1CCCCO1. The van der Waals surface area contributed by atoms with Crippen LogP contribution in [0, 0.1) is 47.4 Å². The molecule has 0 spiro atoms. The number of aliphatic hydroxyl groups excluding tert-OH is 1. The molecule has 8 atom stereocenters. The minimum atomic E-state index is -0.519. The van der Waals surface area contributed by atoms with Gasteiger partial charge in [0.1, 0.15) is 11.9 Å². The molecular formula is C30H43FO5. The van der Waals surface area contributed by atoms with Gasteiger partial charge in [-0.3, -0.25) is 0 Å². The molecule has 4 aliphatic rings. The molecule has 6 heteroatoms. The molecule has 0 aromatic carbocycles. The van der Waals surface area contributed by atoms with Crippen LogP contribution in [0.1, 0.15) is 84.5 Å². The summed E-state index contributed by atoms with van der Waals surface area (Å²) in [4.78, 5) is 0. The number of allylic oxidation sites excluding steroid dienone is 1. The summed E-state index contributed by atoms with van der Waals surface area (Å²) in [5.74, 6) is 13.7. The highest BCUT2D eigenvalue weighted by atomic mass is 19.1. The number of hydrogen-bond acceptors (Lipinski definition) is 5. The number of fused-ring (bicyclic) bond motifs is 1. The summed E-state index contributed by atoms with van der Waals surface area (Å²) in [6.07, 6.45) is 9.17. The summed E-state index contributed by atoms with van der Waals surface area (Å²) in [6, 6.07) is 0. The van der Waals surface area contributed by atoms with Crippen LogP contribution in [0.5, 0.6) is 0 Å². The molecule has 2 unspecified atom stereocenters. The Morgan fingerprint density at radius 3 is 2.50 bits per heavy atom. The standard InChI is InChI=1S/C30H43FO5/c1-3-4-5-10-21(2)27(35-29-11-6-8-15-33-29)14-13-24-25-18-23(26(31)20-32)17-22(25)19-28(24)36-30-12-7-9-16-34-30/h21-22,24-25,27-30,32H,3,6-12,15-20H2,1-2H3/t21-,22-,24+,25-,27+,28+,29?,30?/m0/s1. The fraction of sp³-hybridized carbons (Fsp3) is 0.800. The zero-order valence-corrected chi connectivity index (χ0v) is 22.0. The third-order valence-corrected chi connectivity index (χ3v) is 8.05.